The molecular weight excluding hydrogens is 246 g/mol. The normalized spacial score (nSPS) is 36.0. The van der Waals surface area contributed by atoms with Crippen molar-refractivity contribution >= 4 is 11.9 Å². The molecule has 4 atom stereocenters. The summed E-state index contributed by atoms with van der Waals surface area (Å²) >= 11 is 0. The van der Waals surface area contributed by atoms with Crippen LogP contribution in [0.15, 0.2) is 0 Å². The van der Waals surface area contributed by atoms with Crippen molar-refractivity contribution in [2.24, 2.45) is 11.8 Å². The molecule has 2 fully saturated rings. The van der Waals surface area contributed by atoms with Crippen molar-refractivity contribution in [3.8, 4) is 0 Å². The zero-order valence-corrected chi connectivity index (χ0v) is 11.7. The summed E-state index contributed by atoms with van der Waals surface area (Å²) in [4.78, 5) is 25.4. The molecule has 0 aromatic heterocycles. The third-order valence-corrected chi connectivity index (χ3v) is 4.10. The van der Waals surface area contributed by atoms with Crippen LogP contribution in [0.2, 0.25) is 0 Å². The maximum Gasteiger partial charge on any atom is 0.306 e. The molecule has 1 heterocycles. The molecule has 1 N–H and O–H groups in total. The number of rotatable bonds is 2. The van der Waals surface area contributed by atoms with E-state index in [1.165, 1.54) is 0 Å². The van der Waals surface area contributed by atoms with Crippen molar-refractivity contribution in [3.63, 3.8) is 0 Å². The average Bonchev–Trinajstić information content (AvgIpc) is 2.37. The van der Waals surface area contributed by atoms with E-state index in [1.54, 1.807) is 0 Å². The number of ether oxygens (including phenoxy) is 1. The van der Waals surface area contributed by atoms with Crippen molar-refractivity contribution in [2.45, 2.75) is 51.7 Å². The second-order valence-electron chi connectivity index (χ2n) is 5.90. The smallest absolute Gasteiger partial charge is 0.306 e. The number of amides is 1. The van der Waals surface area contributed by atoms with Crippen LogP contribution < -0.4 is 0 Å². The second kappa shape index (κ2) is 5.90. The lowest BCUT2D eigenvalue weighted by Gasteiger charge is -2.38. The Morgan fingerprint density at radius 1 is 1.11 bits per heavy atom. The summed E-state index contributed by atoms with van der Waals surface area (Å²) in [6, 6.07) is 0. The van der Waals surface area contributed by atoms with Crippen LogP contribution in [-0.4, -0.2) is 47.2 Å². The number of carbonyl (C=O) groups excluding carboxylic acids is 1. The standard InChI is InChI=1S/C14H23NO4/c1-9-7-15(8-10(2)19-9)13(16)11-4-3-5-12(6-11)14(17)18/h9-12H,3-8H2,1-2H3,(H,17,18)/t9-,10+,11-,12-/m1/s1. The quantitative estimate of drug-likeness (QED) is 0.825. The fourth-order valence-corrected chi connectivity index (χ4v) is 3.25. The Hall–Kier alpha value is -1.10. The number of aliphatic carboxylic acids is 1. The third-order valence-electron chi connectivity index (χ3n) is 4.10. The summed E-state index contributed by atoms with van der Waals surface area (Å²) < 4.78 is 5.63. The molecule has 1 aliphatic heterocycles. The van der Waals surface area contributed by atoms with E-state index in [9.17, 15) is 9.59 Å². The maximum atomic E-state index is 12.5. The fourth-order valence-electron chi connectivity index (χ4n) is 3.25. The summed E-state index contributed by atoms with van der Waals surface area (Å²) in [5.41, 5.74) is 0. The highest BCUT2D eigenvalue weighted by Gasteiger charge is 2.35. The molecule has 0 aromatic carbocycles. The number of carbonyl (C=O) groups is 2. The maximum absolute atomic E-state index is 12.5. The van der Waals surface area contributed by atoms with Crippen LogP contribution in [0, 0.1) is 11.8 Å². The molecule has 108 valence electrons. The van der Waals surface area contributed by atoms with Gasteiger partial charge in [0.2, 0.25) is 5.91 Å². The van der Waals surface area contributed by atoms with Crippen LogP contribution in [-0.2, 0) is 14.3 Å². The first-order chi connectivity index (χ1) is 8.97. The topological polar surface area (TPSA) is 66.8 Å². The van der Waals surface area contributed by atoms with E-state index in [4.69, 9.17) is 9.84 Å². The fraction of sp³-hybridized carbons (Fsp3) is 0.857. The Morgan fingerprint density at radius 2 is 1.68 bits per heavy atom. The molecule has 1 saturated carbocycles. The van der Waals surface area contributed by atoms with Gasteiger partial charge >= 0.3 is 5.97 Å². The molecule has 19 heavy (non-hydrogen) atoms. The summed E-state index contributed by atoms with van der Waals surface area (Å²) in [6.07, 6.45) is 2.98. The van der Waals surface area contributed by atoms with Crippen LogP contribution in [0.25, 0.3) is 0 Å². The van der Waals surface area contributed by atoms with Gasteiger partial charge in [0.1, 0.15) is 0 Å². The molecule has 0 spiro atoms. The predicted octanol–water partition coefficient (Wildman–Crippen LogP) is 1.51. The molecule has 0 aromatic rings. The lowest BCUT2D eigenvalue weighted by molar-refractivity contribution is -0.151. The Bertz CT molecular complexity index is 347. The summed E-state index contributed by atoms with van der Waals surface area (Å²) in [6.45, 7) is 5.18. The molecule has 0 radical (unpaired) electrons. The van der Waals surface area contributed by atoms with Crippen LogP contribution in [0.3, 0.4) is 0 Å². The molecule has 5 heteroatoms. The number of morpholine rings is 1. The van der Waals surface area contributed by atoms with Crippen molar-refractivity contribution in [2.75, 3.05) is 13.1 Å². The molecule has 0 bridgehead atoms. The van der Waals surface area contributed by atoms with Crippen molar-refractivity contribution in [3.05, 3.63) is 0 Å². The van der Waals surface area contributed by atoms with Crippen LogP contribution in [0.4, 0.5) is 0 Å². The average molecular weight is 269 g/mol. The van der Waals surface area contributed by atoms with Gasteiger partial charge in [-0.3, -0.25) is 9.59 Å². The van der Waals surface area contributed by atoms with E-state index in [0.29, 0.717) is 25.9 Å². The highest BCUT2D eigenvalue weighted by molar-refractivity contribution is 5.80. The van der Waals surface area contributed by atoms with E-state index in [2.05, 4.69) is 0 Å². The monoisotopic (exact) mass is 269 g/mol. The van der Waals surface area contributed by atoms with Gasteiger partial charge in [0, 0.05) is 19.0 Å². The van der Waals surface area contributed by atoms with Crippen LogP contribution in [0.1, 0.15) is 39.5 Å². The lowest BCUT2D eigenvalue weighted by atomic mass is 9.80. The van der Waals surface area contributed by atoms with Gasteiger partial charge in [-0.25, -0.2) is 0 Å². The molecule has 1 amide bonds. The second-order valence-corrected chi connectivity index (χ2v) is 5.90. The van der Waals surface area contributed by atoms with Gasteiger partial charge in [0.05, 0.1) is 18.1 Å². The molecule has 1 aliphatic carbocycles. The van der Waals surface area contributed by atoms with E-state index in [-0.39, 0.29) is 30.0 Å². The molecule has 2 rings (SSSR count). The summed E-state index contributed by atoms with van der Waals surface area (Å²) in [5, 5.41) is 9.09. The number of nitrogens with zero attached hydrogens (tertiary/aromatic N) is 1. The van der Waals surface area contributed by atoms with Crippen molar-refractivity contribution in [1.29, 1.82) is 0 Å². The molecular formula is C14H23NO4. The van der Waals surface area contributed by atoms with Crippen LogP contribution in [0.5, 0.6) is 0 Å². The molecule has 5 nitrogen and oxygen atoms in total. The SMILES string of the molecule is C[C@@H]1CN(C(=O)[C@@H]2CCC[C@@H](C(=O)O)C2)C[C@H](C)O1. The Morgan fingerprint density at radius 3 is 2.26 bits per heavy atom. The first-order valence-electron chi connectivity index (χ1n) is 7.14. The number of hydrogen-bond donors (Lipinski definition) is 1. The minimum Gasteiger partial charge on any atom is -0.481 e. The first kappa shape index (κ1) is 14.3. The third kappa shape index (κ3) is 3.47. The largest absolute Gasteiger partial charge is 0.481 e. The van der Waals surface area contributed by atoms with Gasteiger partial charge in [-0.2, -0.15) is 0 Å². The van der Waals surface area contributed by atoms with Gasteiger partial charge < -0.3 is 14.7 Å². The first-order valence-corrected chi connectivity index (χ1v) is 7.14. The highest BCUT2D eigenvalue weighted by Crippen LogP contribution is 2.31. The Kier molecular flexibility index (Phi) is 4.45. The van der Waals surface area contributed by atoms with Gasteiger partial charge in [0.25, 0.3) is 0 Å². The van der Waals surface area contributed by atoms with E-state index < -0.39 is 5.97 Å². The number of carboxylic acids is 1. The van der Waals surface area contributed by atoms with Gasteiger partial charge in [-0.15, -0.1) is 0 Å². The number of carboxylic acid groups (broad SMARTS) is 1. The van der Waals surface area contributed by atoms with E-state index >= 15 is 0 Å². The Labute approximate surface area is 113 Å². The zero-order valence-electron chi connectivity index (χ0n) is 11.7. The minimum atomic E-state index is -0.763. The summed E-state index contributed by atoms with van der Waals surface area (Å²) in [5.74, 6) is -1.11. The van der Waals surface area contributed by atoms with E-state index in [1.807, 2.05) is 18.7 Å². The van der Waals surface area contributed by atoms with Gasteiger partial charge in [-0.05, 0) is 33.1 Å². The molecule has 1 saturated heterocycles. The summed E-state index contributed by atoms with van der Waals surface area (Å²) in [7, 11) is 0. The number of hydrogen-bond acceptors (Lipinski definition) is 3. The zero-order chi connectivity index (χ0) is 14.0. The predicted molar refractivity (Wildman–Crippen MR) is 69.7 cm³/mol. The van der Waals surface area contributed by atoms with Crippen molar-refractivity contribution < 1.29 is 19.4 Å². The lowest BCUT2D eigenvalue weighted by Crippen LogP contribution is -2.50. The molecule has 0 unspecified atom stereocenters. The van der Waals surface area contributed by atoms with Gasteiger partial charge in [0.15, 0.2) is 0 Å². The molecule has 2 aliphatic rings. The van der Waals surface area contributed by atoms with Crippen molar-refractivity contribution in [1.82, 2.24) is 4.90 Å². The highest BCUT2D eigenvalue weighted by atomic mass is 16.5. The van der Waals surface area contributed by atoms with Gasteiger partial charge in [-0.1, -0.05) is 6.42 Å². The van der Waals surface area contributed by atoms with E-state index in [0.717, 1.165) is 12.8 Å². The van der Waals surface area contributed by atoms with Crippen LogP contribution >= 0.6 is 0 Å². The minimum absolute atomic E-state index is 0.0616. The Balaban J connectivity index is 1.96.